The fourth-order valence-electron chi connectivity index (χ4n) is 1.87. The Hall–Kier alpha value is -2.89. The minimum absolute atomic E-state index is 0.0924. The van der Waals surface area contributed by atoms with Gasteiger partial charge < -0.3 is 9.84 Å². The molecule has 6 heteroatoms. The summed E-state index contributed by atoms with van der Waals surface area (Å²) in [6, 6.07) is 9.84. The number of hydrogen-bond acceptors (Lipinski definition) is 5. The zero-order valence-electron chi connectivity index (χ0n) is 11.3. The number of benzene rings is 2. The molecule has 0 radical (unpaired) electrons. The van der Waals surface area contributed by atoms with Crippen LogP contribution in [0.2, 0.25) is 0 Å². The van der Waals surface area contributed by atoms with E-state index in [2.05, 4.69) is 0 Å². The van der Waals surface area contributed by atoms with Gasteiger partial charge in [0, 0.05) is 17.7 Å². The van der Waals surface area contributed by atoms with Crippen molar-refractivity contribution in [2.75, 3.05) is 6.61 Å². The van der Waals surface area contributed by atoms with Gasteiger partial charge in [-0.05, 0) is 31.2 Å². The summed E-state index contributed by atoms with van der Waals surface area (Å²) in [4.78, 5) is 22.4. The average molecular weight is 287 g/mol. The number of ether oxygens (including phenoxy) is 1. The Bertz CT molecular complexity index is 679. The number of rotatable bonds is 5. The highest BCUT2D eigenvalue weighted by molar-refractivity contribution is 6.11. The zero-order valence-corrected chi connectivity index (χ0v) is 11.3. The van der Waals surface area contributed by atoms with E-state index in [4.69, 9.17) is 4.74 Å². The second-order valence-corrected chi connectivity index (χ2v) is 4.22. The second kappa shape index (κ2) is 6.04. The van der Waals surface area contributed by atoms with Gasteiger partial charge in [-0.25, -0.2) is 0 Å². The van der Waals surface area contributed by atoms with Crippen molar-refractivity contribution in [2.24, 2.45) is 0 Å². The van der Waals surface area contributed by atoms with Gasteiger partial charge in [0.2, 0.25) is 0 Å². The van der Waals surface area contributed by atoms with Gasteiger partial charge in [-0.2, -0.15) is 0 Å². The summed E-state index contributed by atoms with van der Waals surface area (Å²) in [5, 5.41) is 20.6. The zero-order chi connectivity index (χ0) is 15.4. The molecule has 0 aromatic heterocycles. The molecule has 21 heavy (non-hydrogen) atoms. The van der Waals surface area contributed by atoms with Crippen LogP contribution in [0.1, 0.15) is 22.8 Å². The van der Waals surface area contributed by atoms with Gasteiger partial charge in [-0.3, -0.25) is 14.9 Å². The van der Waals surface area contributed by atoms with E-state index in [9.17, 15) is 20.0 Å². The number of ketones is 1. The topological polar surface area (TPSA) is 89.7 Å². The van der Waals surface area contributed by atoms with Gasteiger partial charge in [0.1, 0.15) is 0 Å². The van der Waals surface area contributed by atoms with Crippen LogP contribution in [-0.4, -0.2) is 22.4 Å². The number of nitro groups is 1. The quantitative estimate of drug-likeness (QED) is 0.518. The van der Waals surface area contributed by atoms with E-state index in [0.29, 0.717) is 6.61 Å². The van der Waals surface area contributed by atoms with E-state index in [1.54, 1.807) is 19.1 Å². The number of non-ortho nitro benzene ring substituents is 1. The molecule has 2 aromatic rings. The lowest BCUT2D eigenvalue weighted by molar-refractivity contribution is -0.384. The molecule has 0 aliphatic heterocycles. The van der Waals surface area contributed by atoms with Crippen LogP contribution in [0.3, 0.4) is 0 Å². The highest BCUT2D eigenvalue weighted by atomic mass is 16.6. The number of phenols is 1. The molecule has 0 saturated heterocycles. The van der Waals surface area contributed by atoms with E-state index < -0.39 is 10.7 Å². The maximum atomic E-state index is 12.3. The number of para-hydroxylation sites is 1. The molecular formula is C15H13NO5. The Balaban J connectivity index is 2.35. The van der Waals surface area contributed by atoms with Gasteiger partial charge in [0.25, 0.3) is 5.69 Å². The Morgan fingerprint density at radius 1 is 1.24 bits per heavy atom. The standard InChI is InChI=1S/C15H13NO5/c1-2-21-13-5-3-4-12(15(13)18)14(17)10-6-8-11(9-7-10)16(19)20/h3-9,18H,2H2,1H3. The number of phenolic OH excluding ortho intramolecular Hbond substituents is 1. The monoisotopic (exact) mass is 287 g/mol. The summed E-state index contributed by atoms with van der Waals surface area (Å²) < 4.78 is 5.22. The normalized spacial score (nSPS) is 10.1. The third kappa shape index (κ3) is 3.00. The first-order valence-corrected chi connectivity index (χ1v) is 6.28. The molecule has 108 valence electrons. The highest BCUT2D eigenvalue weighted by Gasteiger charge is 2.17. The van der Waals surface area contributed by atoms with Crippen LogP contribution in [0.5, 0.6) is 11.5 Å². The molecule has 0 aliphatic rings. The van der Waals surface area contributed by atoms with Crippen LogP contribution in [0.4, 0.5) is 5.69 Å². The van der Waals surface area contributed by atoms with E-state index in [0.717, 1.165) is 0 Å². The molecule has 0 amide bonds. The average Bonchev–Trinajstić information content (AvgIpc) is 2.49. The summed E-state index contributed by atoms with van der Waals surface area (Å²) >= 11 is 0. The Kier molecular flexibility index (Phi) is 4.18. The van der Waals surface area contributed by atoms with Gasteiger partial charge in [-0.1, -0.05) is 6.07 Å². The minimum Gasteiger partial charge on any atom is -0.504 e. The van der Waals surface area contributed by atoms with Gasteiger partial charge >= 0.3 is 0 Å². The molecule has 0 bridgehead atoms. The van der Waals surface area contributed by atoms with Crippen LogP contribution in [-0.2, 0) is 0 Å². The second-order valence-electron chi connectivity index (χ2n) is 4.22. The first kappa shape index (κ1) is 14.5. The summed E-state index contributed by atoms with van der Waals surface area (Å²) in [6.45, 7) is 2.13. The molecule has 0 aliphatic carbocycles. The Labute approximate surface area is 120 Å². The minimum atomic E-state index is -0.540. The Morgan fingerprint density at radius 2 is 1.90 bits per heavy atom. The number of aromatic hydroxyl groups is 1. The van der Waals surface area contributed by atoms with Crippen LogP contribution in [0, 0.1) is 10.1 Å². The summed E-state index contributed by atoms with van der Waals surface area (Å²) in [7, 11) is 0. The van der Waals surface area contributed by atoms with Crippen LogP contribution in [0.25, 0.3) is 0 Å². The molecule has 0 unspecified atom stereocenters. The van der Waals surface area contributed by atoms with Gasteiger partial charge in [-0.15, -0.1) is 0 Å². The SMILES string of the molecule is CCOc1cccc(C(=O)c2ccc([N+](=O)[O-])cc2)c1O. The highest BCUT2D eigenvalue weighted by Crippen LogP contribution is 2.31. The van der Waals surface area contributed by atoms with E-state index in [1.807, 2.05) is 0 Å². The lowest BCUT2D eigenvalue weighted by Gasteiger charge is -2.09. The fraction of sp³-hybridized carbons (Fsp3) is 0.133. The largest absolute Gasteiger partial charge is 0.504 e. The molecular weight excluding hydrogens is 274 g/mol. The van der Waals surface area contributed by atoms with Crippen LogP contribution >= 0.6 is 0 Å². The smallest absolute Gasteiger partial charge is 0.269 e. The predicted octanol–water partition coefficient (Wildman–Crippen LogP) is 2.93. The number of nitrogens with zero attached hydrogens (tertiary/aromatic N) is 1. The number of hydrogen-bond donors (Lipinski definition) is 1. The van der Waals surface area contributed by atoms with Crippen LogP contribution < -0.4 is 4.74 Å². The molecule has 6 nitrogen and oxygen atoms in total. The van der Waals surface area contributed by atoms with Gasteiger partial charge in [0.05, 0.1) is 17.1 Å². The predicted molar refractivity (Wildman–Crippen MR) is 75.8 cm³/mol. The Morgan fingerprint density at radius 3 is 2.48 bits per heavy atom. The van der Waals surface area contributed by atoms with E-state index in [-0.39, 0.29) is 28.3 Å². The van der Waals surface area contributed by atoms with E-state index in [1.165, 1.54) is 30.3 Å². The number of carbonyl (C=O) groups is 1. The molecule has 0 spiro atoms. The lowest BCUT2D eigenvalue weighted by atomic mass is 10.0. The molecule has 1 N–H and O–H groups in total. The van der Waals surface area contributed by atoms with Crippen molar-refractivity contribution < 1.29 is 19.6 Å². The molecule has 0 fully saturated rings. The van der Waals surface area contributed by atoms with Crippen molar-refractivity contribution in [3.8, 4) is 11.5 Å². The van der Waals surface area contributed by atoms with Crippen molar-refractivity contribution in [2.45, 2.75) is 6.92 Å². The van der Waals surface area contributed by atoms with Crippen molar-refractivity contribution in [3.05, 3.63) is 63.7 Å². The van der Waals surface area contributed by atoms with Crippen molar-refractivity contribution in [1.82, 2.24) is 0 Å². The number of carbonyl (C=O) groups excluding carboxylic acids is 1. The molecule has 0 atom stereocenters. The van der Waals surface area contributed by atoms with Crippen molar-refractivity contribution in [1.29, 1.82) is 0 Å². The summed E-state index contributed by atoms with van der Waals surface area (Å²) in [5.74, 6) is -0.433. The van der Waals surface area contributed by atoms with Crippen molar-refractivity contribution in [3.63, 3.8) is 0 Å². The maximum Gasteiger partial charge on any atom is 0.269 e. The third-order valence-electron chi connectivity index (χ3n) is 2.88. The third-order valence-corrected chi connectivity index (χ3v) is 2.88. The van der Waals surface area contributed by atoms with Crippen LogP contribution in [0.15, 0.2) is 42.5 Å². The molecule has 2 rings (SSSR count). The fourth-order valence-corrected chi connectivity index (χ4v) is 1.87. The first-order valence-electron chi connectivity index (χ1n) is 6.28. The number of nitro benzene ring substituents is 1. The summed E-state index contributed by atoms with van der Waals surface area (Å²) in [5.41, 5.74) is 0.248. The van der Waals surface area contributed by atoms with E-state index >= 15 is 0 Å². The van der Waals surface area contributed by atoms with Gasteiger partial charge in [0.15, 0.2) is 17.3 Å². The molecule has 0 saturated carbocycles. The first-order chi connectivity index (χ1) is 10.0. The van der Waals surface area contributed by atoms with Crippen molar-refractivity contribution >= 4 is 11.5 Å². The lowest BCUT2D eigenvalue weighted by Crippen LogP contribution is -2.03. The maximum absolute atomic E-state index is 12.3. The molecule has 0 heterocycles. The summed E-state index contributed by atoms with van der Waals surface area (Å²) in [6.07, 6.45) is 0. The molecule has 2 aromatic carbocycles.